The van der Waals surface area contributed by atoms with E-state index < -0.39 is 6.10 Å². The van der Waals surface area contributed by atoms with Crippen molar-refractivity contribution in [2.45, 2.75) is 309 Å². The molecular weight excluding hydrogens is 853 g/mol. The minimum Gasteiger partial charge on any atom is -0.462 e. The molecule has 0 fully saturated rings. The molecule has 0 saturated carbocycles. The van der Waals surface area contributed by atoms with Crippen LogP contribution in [0.2, 0.25) is 0 Å². The maximum atomic E-state index is 12.9. The van der Waals surface area contributed by atoms with E-state index in [0.717, 1.165) is 96.3 Å². The Labute approximate surface area is 428 Å². The maximum absolute atomic E-state index is 12.9. The van der Waals surface area contributed by atoms with E-state index in [1.54, 1.807) is 0 Å². The smallest absolute Gasteiger partial charge is 0.306 e. The Morgan fingerprint density at radius 2 is 0.536 bits per heavy atom. The van der Waals surface area contributed by atoms with Crippen molar-refractivity contribution < 1.29 is 28.6 Å². The third-order valence-electron chi connectivity index (χ3n) is 13.0. The first-order valence-corrected chi connectivity index (χ1v) is 29.8. The van der Waals surface area contributed by atoms with Gasteiger partial charge in [-0.25, -0.2) is 0 Å². The van der Waals surface area contributed by atoms with Crippen molar-refractivity contribution in [3.05, 3.63) is 60.8 Å². The van der Waals surface area contributed by atoms with Crippen molar-refractivity contribution in [1.29, 1.82) is 0 Å². The number of allylic oxidation sites excluding steroid dienone is 10. The molecule has 0 N–H and O–H groups in total. The van der Waals surface area contributed by atoms with Crippen LogP contribution in [-0.4, -0.2) is 37.2 Å². The van der Waals surface area contributed by atoms with Crippen molar-refractivity contribution in [2.75, 3.05) is 13.2 Å². The van der Waals surface area contributed by atoms with Gasteiger partial charge in [0.2, 0.25) is 0 Å². The summed E-state index contributed by atoms with van der Waals surface area (Å²) < 4.78 is 16.9. The van der Waals surface area contributed by atoms with E-state index in [0.29, 0.717) is 19.3 Å². The number of hydrogen-bond acceptors (Lipinski definition) is 6. The second-order valence-corrected chi connectivity index (χ2v) is 19.9. The van der Waals surface area contributed by atoms with Crippen LogP contribution < -0.4 is 0 Å². The van der Waals surface area contributed by atoms with Crippen LogP contribution in [0.25, 0.3) is 0 Å². The predicted octanol–water partition coefficient (Wildman–Crippen LogP) is 20.0. The molecule has 0 spiro atoms. The van der Waals surface area contributed by atoms with E-state index in [-0.39, 0.29) is 31.1 Å². The number of ether oxygens (including phenoxy) is 3. The van der Waals surface area contributed by atoms with E-state index in [9.17, 15) is 14.4 Å². The molecule has 0 saturated heterocycles. The van der Waals surface area contributed by atoms with Gasteiger partial charge in [-0.1, -0.05) is 261 Å². The van der Waals surface area contributed by atoms with Crippen LogP contribution in [0.4, 0.5) is 0 Å². The largest absolute Gasteiger partial charge is 0.462 e. The van der Waals surface area contributed by atoms with Crippen molar-refractivity contribution in [2.24, 2.45) is 0 Å². The highest BCUT2D eigenvalue weighted by Crippen LogP contribution is 2.16. The molecule has 400 valence electrons. The molecule has 0 rings (SSSR count). The van der Waals surface area contributed by atoms with Crippen LogP contribution in [0, 0.1) is 0 Å². The van der Waals surface area contributed by atoms with Gasteiger partial charge < -0.3 is 14.2 Å². The van der Waals surface area contributed by atoms with Gasteiger partial charge in [-0.2, -0.15) is 0 Å². The SMILES string of the molecule is CCCC/C=C\C/C=C\CCCCCCCC(=O)OCC(COC(=O)CCCCCCCC/C=C\C/C=C\C/C=C\CCCCC)OC(=O)CCCCCCCCCCCCCCCCCCCC. The molecule has 6 nitrogen and oxygen atoms in total. The molecule has 0 aromatic rings. The number of carbonyl (C=O) groups excluding carboxylic acids is 3. The van der Waals surface area contributed by atoms with Gasteiger partial charge >= 0.3 is 17.9 Å². The van der Waals surface area contributed by atoms with Crippen LogP contribution in [0.15, 0.2) is 60.8 Å². The Morgan fingerprint density at radius 1 is 0.290 bits per heavy atom. The Hall–Kier alpha value is -2.89. The lowest BCUT2D eigenvalue weighted by Gasteiger charge is -2.18. The van der Waals surface area contributed by atoms with Gasteiger partial charge in [-0.05, 0) is 83.5 Å². The van der Waals surface area contributed by atoms with Crippen LogP contribution >= 0.6 is 0 Å². The molecule has 0 bridgehead atoms. The zero-order chi connectivity index (χ0) is 50.0. The zero-order valence-electron chi connectivity index (χ0n) is 45.8. The molecule has 0 aromatic heterocycles. The van der Waals surface area contributed by atoms with E-state index in [1.165, 1.54) is 167 Å². The van der Waals surface area contributed by atoms with Gasteiger partial charge in [0.1, 0.15) is 13.2 Å². The van der Waals surface area contributed by atoms with Gasteiger partial charge in [-0.15, -0.1) is 0 Å². The molecule has 69 heavy (non-hydrogen) atoms. The summed E-state index contributed by atoms with van der Waals surface area (Å²) >= 11 is 0. The monoisotopic (exact) mass is 965 g/mol. The van der Waals surface area contributed by atoms with Gasteiger partial charge in [0.15, 0.2) is 6.10 Å². The fourth-order valence-corrected chi connectivity index (χ4v) is 8.47. The Morgan fingerprint density at radius 3 is 0.884 bits per heavy atom. The molecule has 0 heterocycles. The molecule has 0 aliphatic carbocycles. The highest BCUT2D eigenvalue weighted by Gasteiger charge is 2.19. The summed E-state index contributed by atoms with van der Waals surface area (Å²) in [5, 5.41) is 0. The molecule has 0 radical (unpaired) electrons. The van der Waals surface area contributed by atoms with Crippen molar-refractivity contribution in [3.63, 3.8) is 0 Å². The van der Waals surface area contributed by atoms with Crippen LogP contribution in [0.5, 0.6) is 0 Å². The summed E-state index contributed by atoms with van der Waals surface area (Å²) in [6.07, 6.45) is 72.1. The fraction of sp³-hybridized carbons (Fsp3) is 0.794. The molecule has 0 aliphatic rings. The quantitative estimate of drug-likeness (QED) is 0.0262. The average molecular weight is 966 g/mol. The Kier molecular flexibility index (Phi) is 55.3. The van der Waals surface area contributed by atoms with Crippen molar-refractivity contribution in [1.82, 2.24) is 0 Å². The third kappa shape index (κ3) is 55.9. The number of hydrogen-bond donors (Lipinski definition) is 0. The molecule has 0 amide bonds. The summed E-state index contributed by atoms with van der Waals surface area (Å²) in [5.41, 5.74) is 0. The van der Waals surface area contributed by atoms with Crippen molar-refractivity contribution >= 4 is 17.9 Å². The second-order valence-electron chi connectivity index (χ2n) is 19.9. The van der Waals surface area contributed by atoms with Crippen LogP contribution in [0.1, 0.15) is 303 Å². The van der Waals surface area contributed by atoms with Crippen LogP contribution in [0.3, 0.4) is 0 Å². The van der Waals surface area contributed by atoms with Gasteiger partial charge in [-0.3, -0.25) is 14.4 Å². The highest BCUT2D eigenvalue weighted by molar-refractivity contribution is 5.71. The molecule has 1 atom stereocenters. The van der Waals surface area contributed by atoms with Crippen LogP contribution in [-0.2, 0) is 28.6 Å². The lowest BCUT2D eigenvalue weighted by molar-refractivity contribution is -0.167. The summed E-state index contributed by atoms with van der Waals surface area (Å²) in [6.45, 7) is 6.58. The molecule has 1 unspecified atom stereocenters. The minimum atomic E-state index is -0.784. The number of carbonyl (C=O) groups is 3. The lowest BCUT2D eigenvalue weighted by Crippen LogP contribution is -2.30. The first-order chi connectivity index (χ1) is 34.0. The molecule has 0 aromatic carbocycles. The van der Waals surface area contributed by atoms with Gasteiger partial charge in [0.05, 0.1) is 0 Å². The standard InChI is InChI=1S/C63H112O6/c1-4-7-10-13-16-19-22-25-28-30-32-34-35-38-41-44-47-50-53-56-62(65)68-59-60(58-67-61(64)55-52-49-46-43-40-37-27-24-21-18-15-12-9-6-3)69-63(66)57-54-51-48-45-42-39-36-33-31-29-26-23-20-17-14-11-8-5-2/h15-16,18-19,24-25,27-28,32,34,60H,4-14,17,20-23,26,29-31,33,35-59H2,1-3H3/b18-15-,19-16-,27-24-,28-25-,34-32-. The average Bonchev–Trinajstić information content (AvgIpc) is 3.35. The van der Waals surface area contributed by atoms with E-state index >= 15 is 0 Å². The minimum absolute atomic E-state index is 0.0833. The van der Waals surface area contributed by atoms with E-state index in [4.69, 9.17) is 14.2 Å². The zero-order valence-corrected chi connectivity index (χ0v) is 45.8. The normalized spacial score (nSPS) is 12.4. The first-order valence-electron chi connectivity index (χ1n) is 29.8. The summed E-state index contributed by atoms with van der Waals surface area (Å²) in [6, 6.07) is 0. The fourth-order valence-electron chi connectivity index (χ4n) is 8.47. The number of unbranched alkanes of at least 4 members (excludes halogenated alkanes) is 33. The Balaban J connectivity index is 4.38. The number of rotatable bonds is 54. The van der Waals surface area contributed by atoms with E-state index in [2.05, 4.69) is 81.5 Å². The maximum Gasteiger partial charge on any atom is 0.306 e. The third-order valence-corrected chi connectivity index (χ3v) is 13.0. The first kappa shape index (κ1) is 66.1. The van der Waals surface area contributed by atoms with E-state index in [1.807, 2.05) is 0 Å². The molecule has 6 heteroatoms. The van der Waals surface area contributed by atoms with Crippen molar-refractivity contribution in [3.8, 4) is 0 Å². The lowest BCUT2D eigenvalue weighted by atomic mass is 10.0. The summed E-state index contributed by atoms with van der Waals surface area (Å²) in [5.74, 6) is -0.894. The topological polar surface area (TPSA) is 78.9 Å². The Bertz CT molecular complexity index is 1250. The van der Waals surface area contributed by atoms with Gasteiger partial charge in [0, 0.05) is 19.3 Å². The summed E-state index contributed by atoms with van der Waals surface area (Å²) in [7, 11) is 0. The molecular formula is C63H112O6. The summed E-state index contributed by atoms with van der Waals surface area (Å²) in [4.78, 5) is 38.2. The van der Waals surface area contributed by atoms with Gasteiger partial charge in [0.25, 0.3) is 0 Å². The number of esters is 3. The predicted molar refractivity (Wildman–Crippen MR) is 298 cm³/mol. The second kappa shape index (κ2) is 57.7. The highest BCUT2D eigenvalue weighted by atomic mass is 16.6. The molecule has 0 aliphatic heterocycles.